The second-order valence-electron chi connectivity index (χ2n) is 7.48. The molecule has 0 saturated carbocycles. The van der Waals surface area contributed by atoms with Gasteiger partial charge in [0.1, 0.15) is 0 Å². The number of alkyl halides is 3. The Morgan fingerprint density at radius 3 is 2.13 bits per heavy atom. The fourth-order valence-electron chi connectivity index (χ4n) is 3.62. The van der Waals surface area contributed by atoms with Gasteiger partial charge in [-0.2, -0.15) is 17.5 Å². The predicted octanol–water partition coefficient (Wildman–Crippen LogP) is 3.46. The highest BCUT2D eigenvalue weighted by Crippen LogP contribution is 2.30. The van der Waals surface area contributed by atoms with Crippen LogP contribution in [0, 0.1) is 26.7 Å². The average molecular weight is 562 g/mol. The number of halogens is 4. The van der Waals surface area contributed by atoms with Gasteiger partial charge in [-0.3, -0.25) is 4.99 Å². The van der Waals surface area contributed by atoms with Crippen molar-refractivity contribution in [1.82, 2.24) is 14.9 Å². The Balaban J connectivity index is 0.00000450. The second-order valence-corrected chi connectivity index (χ2v) is 9.41. The third kappa shape index (κ3) is 6.71. The highest BCUT2D eigenvalue weighted by molar-refractivity contribution is 14.0. The van der Waals surface area contributed by atoms with Crippen molar-refractivity contribution in [2.45, 2.75) is 45.7 Å². The maximum atomic E-state index is 12.7. The highest BCUT2D eigenvalue weighted by atomic mass is 127. The lowest BCUT2D eigenvalue weighted by atomic mass is 9.98. The Hall–Kier alpha value is -1.08. The zero-order valence-electron chi connectivity index (χ0n) is 17.6. The monoisotopic (exact) mass is 562 g/mol. The van der Waals surface area contributed by atoms with Crippen LogP contribution in [0.15, 0.2) is 17.1 Å². The minimum Gasteiger partial charge on any atom is -0.356 e. The van der Waals surface area contributed by atoms with Crippen molar-refractivity contribution in [3.8, 4) is 0 Å². The topological polar surface area (TPSA) is 73.8 Å². The number of nitrogens with one attached hydrogen (secondary N) is 2. The van der Waals surface area contributed by atoms with Crippen molar-refractivity contribution in [3.63, 3.8) is 0 Å². The summed E-state index contributed by atoms with van der Waals surface area (Å²) in [6, 6.07) is 4.26. The molecule has 0 bridgehead atoms. The summed E-state index contributed by atoms with van der Waals surface area (Å²) in [6.45, 7) is 7.07. The molecule has 1 aliphatic heterocycles. The molecular weight excluding hydrogens is 532 g/mol. The largest absolute Gasteiger partial charge is 0.511 e. The van der Waals surface area contributed by atoms with Crippen LogP contribution < -0.4 is 10.6 Å². The van der Waals surface area contributed by atoms with Gasteiger partial charge in [0.25, 0.3) is 0 Å². The predicted molar refractivity (Wildman–Crippen MR) is 124 cm³/mol. The molecule has 1 saturated heterocycles. The van der Waals surface area contributed by atoms with Crippen molar-refractivity contribution in [3.05, 3.63) is 34.4 Å². The lowest BCUT2D eigenvalue weighted by molar-refractivity contribution is -0.0496. The molecule has 2 N–H and O–H groups in total. The first kappa shape index (κ1) is 27.0. The molecule has 1 aromatic carbocycles. The maximum absolute atomic E-state index is 12.7. The molecule has 0 amide bonds. The van der Waals surface area contributed by atoms with E-state index >= 15 is 0 Å². The summed E-state index contributed by atoms with van der Waals surface area (Å²) in [4.78, 5) is 4.19. The average Bonchev–Trinajstić information content (AvgIpc) is 2.62. The van der Waals surface area contributed by atoms with Gasteiger partial charge in [-0.25, -0.2) is 8.42 Å². The van der Waals surface area contributed by atoms with Gasteiger partial charge < -0.3 is 10.6 Å². The SMILES string of the molecule is CN=C(NCc1c(C)cc(C)cc1C)NCC1CCN(S(=O)(=O)C(F)(F)F)CC1.I. The molecular formula is C19H30F3IN4O2S. The van der Waals surface area contributed by atoms with Crippen molar-refractivity contribution >= 4 is 40.0 Å². The Morgan fingerprint density at radius 1 is 1.13 bits per heavy atom. The smallest absolute Gasteiger partial charge is 0.356 e. The van der Waals surface area contributed by atoms with E-state index in [-0.39, 0.29) is 43.0 Å². The quantitative estimate of drug-likeness (QED) is 0.328. The van der Waals surface area contributed by atoms with Crippen LogP contribution in [0.2, 0.25) is 0 Å². The lowest BCUT2D eigenvalue weighted by Gasteiger charge is -2.31. The molecule has 30 heavy (non-hydrogen) atoms. The van der Waals surface area contributed by atoms with Gasteiger partial charge in [-0.1, -0.05) is 17.7 Å². The molecule has 0 aliphatic carbocycles. The van der Waals surface area contributed by atoms with Crippen molar-refractivity contribution in [2.75, 3.05) is 26.7 Å². The first-order valence-electron chi connectivity index (χ1n) is 9.53. The summed E-state index contributed by atoms with van der Waals surface area (Å²) in [5, 5.41) is 6.46. The number of aliphatic imine (C=N–C) groups is 1. The summed E-state index contributed by atoms with van der Waals surface area (Å²) in [5.41, 5.74) is -0.433. The molecule has 0 unspecified atom stereocenters. The lowest BCUT2D eigenvalue weighted by Crippen LogP contribution is -2.47. The number of benzene rings is 1. The van der Waals surface area contributed by atoms with Gasteiger partial charge in [0.05, 0.1) is 0 Å². The van der Waals surface area contributed by atoms with E-state index in [9.17, 15) is 21.6 Å². The van der Waals surface area contributed by atoms with Gasteiger partial charge in [-0.05, 0) is 56.2 Å². The minimum atomic E-state index is -5.24. The molecule has 0 atom stereocenters. The Kier molecular flexibility index (Phi) is 9.87. The van der Waals surface area contributed by atoms with Crippen LogP contribution in [0.4, 0.5) is 13.2 Å². The number of hydrogen-bond donors (Lipinski definition) is 2. The number of sulfonamides is 1. The zero-order valence-corrected chi connectivity index (χ0v) is 20.8. The molecule has 0 radical (unpaired) electrons. The first-order chi connectivity index (χ1) is 13.5. The van der Waals surface area contributed by atoms with Gasteiger partial charge in [0.15, 0.2) is 5.96 Å². The molecule has 6 nitrogen and oxygen atoms in total. The third-order valence-corrected chi connectivity index (χ3v) is 6.89. The molecule has 172 valence electrons. The molecule has 1 aromatic rings. The molecule has 0 spiro atoms. The van der Waals surface area contributed by atoms with E-state index in [1.165, 1.54) is 22.3 Å². The fourth-order valence-corrected chi connectivity index (χ4v) is 4.61. The van der Waals surface area contributed by atoms with Gasteiger partial charge in [-0.15, -0.1) is 24.0 Å². The van der Waals surface area contributed by atoms with E-state index in [1.54, 1.807) is 7.05 Å². The summed E-state index contributed by atoms with van der Waals surface area (Å²) in [5.74, 6) is 0.686. The summed E-state index contributed by atoms with van der Waals surface area (Å²) in [7, 11) is -3.58. The number of nitrogens with zero attached hydrogens (tertiary/aromatic N) is 2. The summed E-state index contributed by atoms with van der Waals surface area (Å²) in [6.07, 6.45) is 0.741. The van der Waals surface area contributed by atoms with Crippen LogP contribution in [0.5, 0.6) is 0 Å². The van der Waals surface area contributed by atoms with Crippen LogP contribution in [0.1, 0.15) is 35.1 Å². The minimum absolute atomic E-state index is 0. The van der Waals surface area contributed by atoms with E-state index in [1.807, 2.05) is 0 Å². The summed E-state index contributed by atoms with van der Waals surface area (Å²) < 4.78 is 61.4. The van der Waals surface area contributed by atoms with Gasteiger partial charge in [0, 0.05) is 33.2 Å². The molecule has 1 heterocycles. The molecule has 11 heteroatoms. The summed E-state index contributed by atoms with van der Waals surface area (Å²) >= 11 is 0. The van der Waals surface area contributed by atoms with E-state index in [2.05, 4.69) is 48.5 Å². The van der Waals surface area contributed by atoms with E-state index in [0.717, 1.165) is 0 Å². The zero-order chi connectivity index (χ0) is 21.8. The van der Waals surface area contributed by atoms with E-state index in [4.69, 9.17) is 0 Å². The van der Waals surface area contributed by atoms with Crippen LogP contribution in [0.25, 0.3) is 0 Å². The van der Waals surface area contributed by atoms with Crippen LogP contribution in [-0.2, 0) is 16.6 Å². The van der Waals surface area contributed by atoms with E-state index < -0.39 is 15.5 Å². The maximum Gasteiger partial charge on any atom is 0.511 e. The molecule has 0 aromatic heterocycles. The van der Waals surface area contributed by atoms with E-state index in [0.29, 0.717) is 36.2 Å². The van der Waals surface area contributed by atoms with Gasteiger partial charge in [0.2, 0.25) is 0 Å². The molecule has 2 rings (SSSR count). The van der Waals surface area contributed by atoms with Gasteiger partial charge >= 0.3 is 15.5 Å². The first-order valence-corrected chi connectivity index (χ1v) is 11.0. The van der Waals surface area contributed by atoms with Crippen LogP contribution in [0.3, 0.4) is 0 Å². The Morgan fingerprint density at radius 2 is 1.67 bits per heavy atom. The van der Waals surface area contributed by atoms with Crippen molar-refractivity contribution in [2.24, 2.45) is 10.9 Å². The number of guanidine groups is 1. The number of aryl methyl sites for hydroxylation is 3. The highest BCUT2D eigenvalue weighted by Gasteiger charge is 2.50. The number of piperidine rings is 1. The Bertz CT molecular complexity index is 829. The standard InChI is InChI=1S/C19H29F3N4O2S.HI/c1-13-9-14(2)17(15(3)10-13)12-25-18(23-4)24-11-16-5-7-26(8-6-16)29(27,28)19(20,21)22;/h9-10,16H,5-8,11-12H2,1-4H3,(H2,23,24,25);1H. The second kappa shape index (κ2) is 11.0. The van der Waals surface area contributed by atoms with Crippen LogP contribution >= 0.6 is 24.0 Å². The molecule has 1 aliphatic rings. The Labute approximate surface area is 193 Å². The van der Waals surface area contributed by atoms with Crippen LogP contribution in [-0.4, -0.2) is 50.9 Å². The number of rotatable bonds is 5. The third-order valence-electron chi connectivity index (χ3n) is 5.26. The number of hydrogen-bond acceptors (Lipinski definition) is 3. The normalized spacial score (nSPS) is 16.8. The molecule has 1 fully saturated rings. The fraction of sp³-hybridized carbons (Fsp3) is 0.632. The van der Waals surface area contributed by atoms with Crippen molar-refractivity contribution in [1.29, 1.82) is 0 Å². The van der Waals surface area contributed by atoms with Crippen molar-refractivity contribution < 1.29 is 21.6 Å².